The molecule has 0 unspecified atom stereocenters. The number of rotatable bonds is 7. The second-order valence-corrected chi connectivity index (χ2v) is 12.3. The zero-order valence-electron chi connectivity index (χ0n) is 26.8. The fraction of sp³-hybridized carbons (Fsp3) is 0.353. The number of pyridine rings is 2. The van der Waals surface area contributed by atoms with Gasteiger partial charge < -0.3 is 15.1 Å². The molecule has 1 aliphatic heterocycles. The highest BCUT2D eigenvalue weighted by Crippen LogP contribution is 2.39. The van der Waals surface area contributed by atoms with Gasteiger partial charge in [0.15, 0.2) is 5.65 Å². The number of aromatic nitrogens is 4. The number of nitrogens with zero attached hydrogens (tertiary/aromatic N) is 6. The topological polar surface area (TPSA) is 113 Å². The van der Waals surface area contributed by atoms with Crippen molar-refractivity contribution in [2.24, 2.45) is 0 Å². The highest BCUT2D eigenvalue weighted by Gasteiger charge is 2.34. The van der Waals surface area contributed by atoms with Crippen molar-refractivity contribution < 1.29 is 14.0 Å². The number of halogens is 2. The van der Waals surface area contributed by atoms with Gasteiger partial charge in [-0.05, 0) is 62.6 Å². The third kappa shape index (κ3) is 5.87. The van der Waals surface area contributed by atoms with Crippen molar-refractivity contribution in [3.8, 4) is 16.9 Å². The lowest BCUT2D eigenvalue weighted by molar-refractivity contribution is -0.128. The van der Waals surface area contributed by atoms with Crippen LogP contribution in [0.2, 0.25) is 5.02 Å². The summed E-state index contributed by atoms with van der Waals surface area (Å²) in [5, 5.41) is 3.31. The molecular weight excluding hydrogens is 609 g/mol. The molecule has 0 bridgehead atoms. The van der Waals surface area contributed by atoms with Crippen LogP contribution in [0.15, 0.2) is 54.0 Å². The Morgan fingerprint density at radius 3 is 2.59 bits per heavy atom. The Labute approximate surface area is 271 Å². The van der Waals surface area contributed by atoms with E-state index in [4.69, 9.17) is 16.6 Å². The van der Waals surface area contributed by atoms with E-state index in [9.17, 15) is 14.4 Å². The van der Waals surface area contributed by atoms with E-state index < -0.39 is 11.5 Å². The predicted octanol–water partition coefficient (Wildman–Crippen LogP) is 6.03. The van der Waals surface area contributed by atoms with Gasteiger partial charge in [0, 0.05) is 37.8 Å². The van der Waals surface area contributed by atoms with Gasteiger partial charge in [0.1, 0.15) is 11.6 Å². The SMILES string of the molecule is C=CC(=O)N1C[C@H](C)N(c2nc(=O)n(-c3c(C)ccnc3C(C)C)c3nc(-c4c(F)cccc4NC(=O)CC)c(Cl)cc23)C[C@H]1C. The minimum absolute atomic E-state index is 0.000838. The largest absolute Gasteiger partial charge is 0.355 e. The molecule has 1 aromatic carbocycles. The molecule has 4 heterocycles. The molecule has 2 amide bonds. The van der Waals surface area contributed by atoms with E-state index in [1.807, 2.05) is 39.5 Å². The summed E-state index contributed by atoms with van der Waals surface area (Å²) in [6, 6.07) is 7.34. The van der Waals surface area contributed by atoms with E-state index in [1.165, 1.54) is 22.8 Å². The van der Waals surface area contributed by atoms with E-state index in [-0.39, 0.29) is 63.9 Å². The Morgan fingerprint density at radius 1 is 1.17 bits per heavy atom. The normalized spacial score (nSPS) is 16.6. The minimum Gasteiger partial charge on any atom is -0.349 e. The highest BCUT2D eigenvalue weighted by atomic mass is 35.5. The maximum Gasteiger partial charge on any atom is 0.355 e. The van der Waals surface area contributed by atoms with Crippen LogP contribution in [0.3, 0.4) is 0 Å². The van der Waals surface area contributed by atoms with Crippen molar-refractivity contribution in [3.63, 3.8) is 0 Å². The van der Waals surface area contributed by atoms with Gasteiger partial charge in [-0.15, -0.1) is 0 Å². The Balaban J connectivity index is 1.85. The number of carbonyl (C=O) groups excluding carboxylic acids is 2. The maximum absolute atomic E-state index is 15.6. The van der Waals surface area contributed by atoms with Crippen LogP contribution in [0.1, 0.15) is 58.2 Å². The number of carbonyl (C=O) groups is 2. The van der Waals surface area contributed by atoms with E-state index in [0.29, 0.717) is 35.7 Å². The van der Waals surface area contributed by atoms with E-state index >= 15 is 4.39 Å². The average Bonchev–Trinajstić information content (AvgIpc) is 3.01. The lowest BCUT2D eigenvalue weighted by Crippen LogP contribution is -2.58. The first-order chi connectivity index (χ1) is 21.9. The first-order valence-corrected chi connectivity index (χ1v) is 15.6. The fourth-order valence-corrected chi connectivity index (χ4v) is 6.19. The van der Waals surface area contributed by atoms with E-state index in [0.717, 1.165) is 5.56 Å². The van der Waals surface area contributed by atoms with E-state index in [1.54, 1.807) is 36.2 Å². The van der Waals surface area contributed by atoms with Gasteiger partial charge in [0.2, 0.25) is 11.8 Å². The minimum atomic E-state index is -0.642. The monoisotopic (exact) mass is 645 g/mol. The van der Waals surface area contributed by atoms with Gasteiger partial charge in [-0.1, -0.05) is 45.0 Å². The lowest BCUT2D eigenvalue weighted by Gasteiger charge is -2.44. The van der Waals surface area contributed by atoms with Crippen LogP contribution >= 0.6 is 11.6 Å². The van der Waals surface area contributed by atoms with Crippen LogP contribution in [0.4, 0.5) is 15.9 Å². The summed E-state index contributed by atoms with van der Waals surface area (Å²) in [4.78, 5) is 56.9. The molecule has 1 N–H and O–H groups in total. The van der Waals surface area contributed by atoms with Gasteiger partial charge in [0.25, 0.3) is 0 Å². The quantitative estimate of drug-likeness (QED) is 0.244. The maximum atomic E-state index is 15.6. The van der Waals surface area contributed by atoms with Gasteiger partial charge in [-0.3, -0.25) is 14.6 Å². The second-order valence-electron chi connectivity index (χ2n) is 11.9. The van der Waals surface area contributed by atoms with Crippen molar-refractivity contribution >= 4 is 46.0 Å². The molecule has 0 spiro atoms. The molecule has 10 nitrogen and oxygen atoms in total. The molecule has 12 heteroatoms. The van der Waals surface area contributed by atoms with Crippen molar-refractivity contribution in [3.05, 3.63) is 81.8 Å². The van der Waals surface area contributed by atoms with Crippen LogP contribution in [-0.2, 0) is 9.59 Å². The van der Waals surface area contributed by atoms with Crippen molar-refractivity contribution in [1.82, 2.24) is 24.4 Å². The van der Waals surface area contributed by atoms with Crippen molar-refractivity contribution in [1.29, 1.82) is 0 Å². The number of benzene rings is 1. The zero-order valence-corrected chi connectivity index (χ0v) is 27.5. The number of hydrogen-bond donors (Lipinski definition) is 1. The standard InChI is InChI=1S/C34H37ClFN7O3/c1-8-26(44)38-25-12-10-11-24(36)28(25)30-23(35)15-22-32(42-17-20(6)41(16-21(42)7)27(45)9-2)40-34(46)43(33(22)39-30)31-19(5)13-14-37-29(31)18(3)4/h9-15,18,20-21H,2,8,16-17H2,1,3-7H3,(H,38,44)/t20-,21+/m1/s1. The lowest BCUT2D eigenvalue weighted by atomic mass is 10.0. The van der Waals surface area contributed by atoms with Gasteiger partial charge in [0.05, 0.1) is 38.7 Å². The van der Waals surface area contributed by atoms with Gasteiger partial charge in [-0.25, -0.2) is 18.7 Å². The summed E-state index contributed by atoms with van der Waals surface area (Å²) in [5.41, 5.74) is 1.83. The molecule has 1 fully saturated rings. The molecule has 0 radical (unpaired) electrons. The van der Waals surface area contributed by atoms with Crippen LogP contribution < -0.4 is 15.9 Å². The third-order valence-corrected chi connectivity index (χ3v) is 8.58. The number of amides is 2. The van der Waals surface area contributed by atoms with Crippen LogP contribution in [0.5, 0.6) is 0 Å². The van der Waals surface area contributed by atoms with Crippen LogP contribution in [0.25, 0.3) is 28.0 Å². The molecule has 0 saturated carbocycles. The third-order valence-electron chi connectivity index (χ3n) is 8.29. The summed E-state index contributed by atoms with van der Waals surface area (Å²) in [6.45, 7) is 15.8. The Kier molecular flexibility index (Phi) is 9.25. The molecule has 4 aromatic rings. The fourth-order valence-electron chi connectivity index (χ4n) is 5.94. The summed E-state index contributed by atoms with van der Waals surface area (Å²) >= 11 is 6.91. The molecular formula is C34H37ClFN7O3. The van der Waals surface area contributed by atoms with E-state index in [2.05, 4.69) is 21.9 Å². The zero-order chi connectivity index (χ0) is 33.4. The Hall–Kier alpha value is -4.64. The second kappa shape index (κ2) is 13.0. The smallest absolute Gasteiger partial charge is 0.349 e. The summed E-state index contributed by atoms with van der Waals surface area (Å²) < 4.78 is 17.0. The molecule has 3 aromatic heterocycles. The molecule has 2 atom stereocenters. The van der Waals surface area contributed by atoms with Crippen LogP contribution in [-0.4, -0.2) is 61.4 Å². The summed E-state index contributed by atoms with van der Waals surface area (Å²) in [5.74, 6) is -0.829. The molecule has 1 saturated heterocycles. The molecule has 46 heavy (non-hydrogen) atoms. The summed E-state index contributed by atoms with van der Waals surface area (Å²) in [7, 11) is 0. The predicted molar refractivity (Wildman–Crippen MR) is 179 cm³/mol. The number of hydrogen-bond acceptors (Lipinski definition) is 7. The summed E-state index contributed by atoms with van der Waals surface area (Å²) in [6.07, 6.45) is 3.17. The molecule has 240 valence electrons. The molecule has 0 aliphatic carbocycles. The van der Waals surface area contributed by atoms with Crippen LogP contribution in [0, 0.1) is 12.7 Å². The molecule has 5 rings (SSSR count). The highest BCUT2D eigenvalue weighted by molar-refractivity contribution is 6.34. The first kappa shape index (κ1) is 32.7. The number of fused-ring (bicyclic) bond motifs is 1. The van der Waals surface area contributed by atoms with Crippen molar-refractivity contribution in [2.45, 2.75) is 66.0 Å². The number of anilines is 2. The number of aryl methyl sites for hydroxylation is 1. The Morgan fingerprint density at radius 2 is 1.91 bits per heavy atom. The number of nitrogens with one attached hydrogen (secondary N) is 1. The van der Waals surface area contributed by atoms with Gasteiger partial charge in [-0.2, -0.15) is 4.98 Å². The van der Waals surface area contributed by atoms with Crippen molar-refractivity contribution in [2.75, 3.05) is 23.3 Å². The number of piperazine rings is 1. The first-order valence-electron chi connectivity index (χ1n) is 15.2. The average molecular weight is 646 g/mol. The Bertz CT molecular complexity index is 1930. The van der Waals surface area contributed by atoms with Gasteiger partial charge >= 0.3 is 5.69 Å². The molecule has 1 aliphatic rings.